The molecule has 0 saturated carbocycles. The number of aryl methyl sites for hydroxylation is 2. The molecule has 1 aromatic carbocycles. The number of nitrogens with one attached hydrogen (secondary N) is 1. The van der Waals surface area contributed by atoms with Crippen molar-refractivity contribution in [2.75, 3.05) is 5.32 Å². The molecular weight excluding hydrogens is 370 g/mol. The van der Waals surface area contributed by atoms with E-state index in [4.69, 9.17) is 4.98 Å². The van der Waals surface area contributed by atoms with Gasteiger partial charge < -0.3 is 0 Å². The van der Waals surface area contributed by atoms with E-state index in [1.54, 1.807) is 12.4 Å². The second kappa shape index (κ2) is 7.66. The lowest BCUT2D eigenvalue weighted by Gasteiger charge is -2.05. The number of thiazole rings is 1. The van der Waals surface area contributed by atoms with Crippen LogP contribution in [0.4, 0.5) is 5.13 Å². The van der Waals surface area contributed by atoms with Crippen LogP contribution in [0.5, 0.6) is 0 Å². The van der Waals surface area contributed by atoms with E-state index in [1.807, 2.05) is 12.1 Å². The lowest BCUT2D eigenvalue weighted by Crippen LogP contribution is -2.13. The van der Waals surface area contributed by atoms with Gasteiger partial charge in [-0.25, -0.2) is 9.97 Å². The standard InChI is InChI=1S/C21H17N5OS/c1-13-9-14(2)11-16(10-13)18-19(15-3-5-22-6-4-15)28-21(25-18)26-20(27)17-12-23-7-8-24-17/h3-12H,1-2H3,(H,25,26,27). The first-order valence-electron chi connectivity index (χ1n) is 8.67. The fourth-order valence-electron chi connectivity index (χ4n) is 2.96. The highest BCUT2D eigenvalue weighted by atomic mass is 32.1. The maximum Gasteiger partial charge on any atom is 0.277 e. The van der Waals surface area contributed by atoms with Crippen LogP contribution in [0, 0.1) is 13.8 Å². The highest BCUT2D eigenvalue weighted by Gasteiger charge is 2.18. The second-order valence-corrected chi connectivity index (χ2v) is 7.35. The Morgan fingerprint density at radius 1 is 0.929 bits per heavy atom. The molecule has 0 aliphatic rings. The minimum Gasteiger partial charge on any atom is -0.296 e. The zero-order valence-electron chi connectivity index (χ0n) is 15.4. The topological polar surface area (TPSA) is 80.7 Å². The van der Waals surface area contributed by atoms with Gasteiger partial charge in [-0.2, -0.15) is 0 Å². The normalized spacial score (nSPS) is 10.6. The monoisotopic (exact) mass is 387 g/mol. The van der Waals surface area contributed by atoms with Crippen LogP contribution in [0.15, 0.2) is 61.3 Å². The molecule has 3 aromatic heterocycles. The van der Waals surface area contributed by atoms with E-state index in [0.717, 1.165) is 32.8 Å². The van der Waals surface area contributed by atoms with Crippen molar-refractivity contribution in [3.8, 4) is 21.7 Å². The van der Waals surface area contributed by atoms with Crippen molar-refractivity contribution >= 4 is 22.4 Å². The molecule has 0 fully saturated rings. The summed E-state index contributed by atoms with van der Waals surface area (Å²) in [5, 5.41) is 3.35. The van der Waals surface area contributed by atoms with Crippen LogP contribution in [0.1, 0.15) is 21.6 Å². The molecule has 0 unspecified atom stereocenters. The number of hydrogen-bond donors (Lipinski definition) is 1. The van der Waals surface area contributed by atoms with Gasteiger partial charge in [0, 0.05) is 30.4 Å². The minimum atomic E-state index is -0.338. The first-order valence-corrected chi connectivity index (χ1v) is 9.49. The van der Waals surface area contributed by atoms with Crippen LogP contribution < -0.4 is 5.32 Å². The Hall–Kier alpha value is -3.45. The summed E-state index contributed by atoms with van der Waals surface area (Å²) in [6.07, 6.45) is 7.94. The quantitative estimate of drug-likeness (QED) is 0.556. The Morgan fingerprint density at radius 2 is 1.68 bits per heavy atom. The van der Waals surface area contributed by atoms with Crippen molar-refractivity contribution in [1.29, 1.82) is 0 Å². The average molecular weight is 387 g/mol. The Labute approximate surface area is 166 Å². The molecule has 28 heavy (non-hydrogen) atoms. The van der Waals surface area contributed by atoms with Crippen molar-refractivity contribution in [1.82, 2.24) is 19.9 Å². The Morgan fingerprint density at radius 3 is 2.36 bits per heavy atom. The summed E-state index contributed by atoms with van der Waals surface area (Å²) < 4.78 is 0. The number of nitrogens with zero attached hydrogens (tertiary/aromatic N) is 4. The van der Waals surface area contributed by atoms with Crippen molar-refractivity contribution in [2.45, 2.75) is 13.8 Å². The molecule has 4 aromatic rings. The Bertz CT molecular complexity index is 1110. The van der Waals surface area contributed by atoms with Crippen LogP contribution in [-0.4, -0.2) is 25.8 Å². The first-order chi connectivity index (χ1) is 13.6. The summed E-state index contributed by atoms with van der Waals surface area (Å²) in [6, 6.07) is 10.2. The molecule has 6 nitrogen and oxygen atoms in total. The average Bonchev–Trinajstić information content (AvgIpc) is 3.12. The lowest BCUT2D eigenvalue weighted by molar-refractivity contribution is 0.102. The van der Waals surface area contributed by atoms with E-state index in [-0.39, 0.29) is 11.6 Å². The molecule has 0 bridgehead atoms. The van der Waals surface area contributed by atoms with Crippen LogP contribution in [0.3, 0.4) is 0 Å². The van der Waals surface area contributed by atoms with Gasteiger partial charge in [0.15, 0.2) is 5.13 Å². The van der Waals surface area contributed by atoms with Crippen molar-refractivity contribution < 1.29 is 4.79 Å². The van der Waals surface area contributed by atoms with Gasteiger partial charge in [-0.15, -0.1) is 0 Å². The Kier molecular flexibility index (Phi) is 4.90. The lowest BCUT2D eigenvalue weighted by atomic mass is 10.0. The zero-order valence-corrected chi connectivity index (χ0v) is 16.2. The molecule has 1 amide bonds. The van der Waals surface area contributed by atoms with Gasteiger partial charge in [-0.05, 0) is 43.7 Å². The third-order valence-electron chi connectivity index (χ3n) is 4.08. The van der Waals surface area contributed by atoms with Crippen molar-refractivity contribution in [2.24, 2.45) is 0 Å². The van der Waals surface area contributed by atoms with E-state index < -0.39 is 0 Å². The molecule has 0 saturated heterocycles. The maximum absolute atomic E-state index is 12.5. The number of aromatic nitrogens is 4. The summed E-state index contributed by atoms with van der Waals surface area (Å²) >= 11 is 1.42. The van der Waals surface area contributed by atoms with Gasteiger partial charge in [-0.1, -0.05) is 28.5 Å². The predicted octanol–water partition coefficient (Wildman–Crippen LogP) is 4.53. The molecule has 0 aliphatic heterocycles. The van der Waals surface area contributed by atoms with Crippen LogP contribution >= 0.6 is 11.3 Å². The molecule has 0 radical (unpaired) electrons. The summed E-state index contributed by atoms with van der Waals surface area (Å²) in [5.41, 5.74) is 5.42. The van der Waals surface area contributed by atoms with Gasteiger partial charge >= 0.3 is 0 Å². The number of benzene rings is 1. The molecular formula is C21H17N5OS. The summed E-state index contributed by atoms with van der Waals surface area (Å²) in [6.45, 7) is 4.12. The molecule has 0 spiro atoms. The number of carbonyl (C=O) groups excluding carboxylic acids is 1. The SMILES string of the molecule is Cc1cc(C)cc(-c2nc(NC(=O)c3cnccn3)sc2-c2ccncc2)c1. The summed E-state index contributed by atoms with van der Waals surface area (Å²) in [4.78, 5) is 30.2. The summed E-state index contributed by atoms with van der Waals surface area (Å²) in [7, 11) is 0. The molecule has 1 N–H and O–H groups in total. The van der Waals surface area contributed by atoms with Crippen LogP contribution in [0.25, 0.3) is 21.7 Å². The number of pyridine rings is 1. The number of hydrogen-bond acceptors (Lipinski definition) is 6. The fourth-order valence-corrected chi connectivity index (χ4v) is 3.95. The van der Waals surface area contributed by atoms with E-state index in [9.17, 15) is 4.79 Å². The van der Waals surface area contributed by atoms with Crippen molar-refractivity contribution in [3.63, 3.8) is 0 Å². The molecule has 4 rings (SSSR count). The highest BCUT2D eigenvalue weighted by molar-refractivity contribution is 7.19. The van der Waals surface area contributed by atoms with Gasteiger partial charge in [-0.3, -0.25) is 20.1 Å². The smallest absolute Gasteiger partial charge is 0.277 e. The van der Waals surface area contributed by atoms with Gasteiger partial charge in [0.1, 0.15) is 5.69 Å². The van der Waals surface area contributed by atoms with E-state index >= 15 is 0 Å². The predicted molar refractivity (Wildman–Crippen MR) is 110 cm³/mol. The minimum absolute atomic E-state index is 0.246. The molecule has 3 heterocycles. The third-order valence-corrected chi connectivity index (χ3v) is 5.10. The van der Waals surface area contributed by atoms with E-state index in [0.29, 0.717) is 5.13 Å². The van der Waals surface area contributed by atoms with Gasteiger partial charge in [0.25, 0.3) is 5.91 Å². The summed E-state index contributed by atoms with van der Waals surface area (Å²) in [5.74, 6) is -0.338. The van der Waals surface area contributed by atoms with E-state index in [2.05, 4.69) is 52.3 Å². The first kappa shape index (κ1) is 17.9. The molecule has 7 heteroatoms. The Balaban J connectivity index is 1.77. The van der Waals surface area contributed by atoms with Gasteiger partial charge in [0.2, 0.25) is 0 Å². The molecule has 0 aliphatic carbocycles. The third kappa shape index (κ3) is 3.79. The molecule has 0 atom stereocenters. The van der Waals surface area contributed by atoms with Crippen LogP contribution in [-0.2, 0) is 0 Å². The molecule has 138 valence electrons. The second-order valence-electron chi connectivity index (χ2n) is 6.35. The number of carbonyl (C=O) groups is 1. The number of amides is 1. The van der Waals surface area contributed by atoms with Crippen LogP contribution in [0.2, 0.25) is 0 Å². The fraction of sp³-hybridized carbons (Fsp3) is 0.0952. The number of anilines is 1. The zero-order chi connectivity index (χ0) is 19.5. The van der Waals surface area contributed by atoms with Crippen molar-refractivity contribution in [3.05, 3.63) is 78.1 Å². The highest BCUT2D eigenvalue weighted by Crippen LogP contribution is 2.39. The van der Waals surface area contributed by atoms with E-state index in [1.165, 1.54) is 29.9 Å². The largest absolute Gasteiger partial charge is 0.296 e. The maximum atomic E-state index is 12.5. The van der Waals surface area contributed by atoms with Gasteiger partial charge in [0.05, 0.1) is 16.8 Å². The number of rotatable bonds is 4.